The second-order valence-corrected chi connectivity index (χ2v) is 4.52. The quantitative estimate of drug-likeness (QED) is 0.902. The number of methoxy groups -OCH3 is 1. The van der Waals surface area contributed by atoms with E-state index in [0.29, 0.717) is 0 Å². The molecule has 2 aromatic rings. The molecule has 0 saturated carbocycles. The number of aliphatic carboxylic acids is 1. The topological polar surface area (TPSA) is 46.5 Å². The lowest BCUT2D eigenvalue weighted by Gasteiger charge is -2.27. The number of ether oxygens (including phenoxy) is 1. The summed E-state index contributed by atoms with van der Waals surface area (Å²) in [6, 6.07) is 11.7. The number of aryl methyl sites for hydroxylation is 1. The number of fused-ring (bicyclic) bond motifs is 1. The summed E-state index contributed by atoms with van der Waals surface area (Å²) < 4.78 is 5.27. The molecule has 0 aliphatic carbocycles. The zero-order valence-electron chi connectivity index (χ0n) is 10.7. The van der Waals surface area contributed by atoms with Gasteiger partial charge in [-0.2, -0.15) is 0 Å². The monoisotopic (exact) mass is 244 g/mol. The Morgan fingerprint density at radius 1 is 1.22 bits per heavy atom. The first-order valence-electron chi connectivity index (χ1n) is 5.78. The molecule has 0 aromatic heterocycles. The van der Waals surface area contributed by atoms with Crippen molar-refractivity contribution < 1.29 is 14.6 Å². The highest BCUT2D eigenvalue weighted by atomic mass is 16.5. The van der Waals surface area contributed by atoms with E-state index < -0.39 is 11.6 Å². The molecule has 0 aliphatic rings. The van der Waals surface area contributed by atoms with Crippen molar-refractivity contribution in [2.24, 2.45) is 0 Å². The van der Waals surface area contributed by atoms with E-state index in [0.717, 1.165) is 21.9 Å². The Bertz CT molecular complexity index is 604. The molecule has 2 rings (SSSR count). The molecule has 2 aromatic carbocycles. The van der Waals surface area contributed by atoms with Crippen molar-refractivity contribution in [1.82, 2.24) is 0 Å². The van der Waals surface area contributed by atoms with E-state index in [2.05, 4.69) is 0 Å². The number of benzene rings is 2. The minimum atomic E-state index is -1.33. The summed E-state index contributed by atoms with van der Waals surface area (Å²) in [5.74, 6) is -0.982. The third-order valence-electron chi connectivity index (χ3n) is 3.43. The van der Waals surface area contributed by atoms with Crippen LogP contribution in [-0.4, -0.2) is 18.2 Å². The number of carboxylic acid groups (broad SMARTS) is 1. The van der Waals surface area contributed by atoms with Crippen LogP contribution in [0.4, 0.5) is 0 Å². The second-order valence-electron chi connectivity index (χ2n) is 4.52. The van der Waals surface area contributed by atoms with Crippen LogP contribution < -0.4 is 0 Å². The SMILES string of the molecule is COC(C)(C(=O)O)c1c(C)ccc2ccccc12. The second kappa shape index (κ2) is 4.42. The van der Waals surface area contributed by atoms with E-state index >= 15 is 0 Å². The maximum atomic E-state index is 11.5. The van der Waals surface area contributed by atoms with Gasteiger partial charge in [0.2, 0.25) is 0 Å². The molecule has 0 heterocycles. The van der Waals surface area contributed by atoms with Gasteiger partial charge in [0.25, 0.3) is 0 Å². The molecule has 0 radical (unpaired) electrons. The van der Waals surface area contributed by atoms with Crippen molar-refractivity contribution in [3.8, 4) is 0 Å². The summed E-state index contributed by atoms with van der Waals surface area (Å²) in [5.41, 5.74) is 0.307. The average Bonchev–Trinajstić information content (AvgIpc) is 2.37. The summed E-state index contributed by atoms with van der Waals surface area (Å²) in [6.07, 6.45) is 0. The molecule has 0 spiro atoms. The van der Waals surface area contributed by atoms with E-state index in [-0.39, 0.29) is 0 Å². The highest BCUT2D eigenvalue weighted by Gasteiger charge is 2.37. The van der Waals surface area contributed by atoms with Crippen LogP contribution in [0.3, 0.4) is 0 Å². The molecule has 0 saturated heterocycles. The van der Waals surface area contributed by atoms with Crippen molar-refractivity contribution >= 4 is 16.7 Å². The normalized spacial score (nSPS) is 14.4. The van der Waals surface area contributed by atoms with Gasteiger partial charge in [-0.15, -0.1) is 0 Å². The zero-order chi connectivity index (χ0) is 13.3. The molecule has 0 fully saturated rings. The maximum absolute atomic E-state index is 11.5. The molecule has 0 amide bonds. The molecule has 1 unspecified atom stereocenters. The van der Waals surface area contributed by atoms with Gasteiger partial charge in [-0.05, 0) is 30.2 Å². The van der Waals surface area contributed by atoms with E-state index in [4.69, 9.17) is 4.74 Å². The van der Waals surface area contributed by atoms with Gasteiger partial charge in [-0.1, -0.05) is 36.4 Å². The zero-order valence-corrected chi connectivity index (χ0v) is 10.7. The lowest BCUT2D eigenvalue weighted by molar-refractivity contribution is -0.161. The lowest BCUT2D eigenvalue weighted by Crippen LogP contribution is -2.35. The smallest absolute Gasteiger partial charge is 0.340 e. The molecule has 0 aliphatic heterocycles. The molecular weight excluding hydrogens is 228 g/mol. The Labute approximate surface area is 106 Å². The summed E-state index contributed by atoms with van der Waals surface area (Å²) >= 11 is 0. The predicted molar refractivity (Wildman–Crippen MR) is 70.7 cm³/mol. The van der Waals surface area contributed by atoms with Crippen LogP contribution >= 0.6 is 0 Å². The fraction of sp³-hybridized carbons (Fsp3) is 0.267. The Morgan fingerprint density at radius 2 is 1.89 bits per heavy atom. The van der Waals surface area contributed by atoms with Crippen LogP contribution in [-0.2, 0) is 15.1 Å². The molecule has 3 heteroatoms. The van der Waals surface area contributed by atoms with E-state index in [1.165, 1.54) is 7.11 Å². The highest BCUT2D eigenvalue weighted by molar-refractivity contribution is 5.93. The van der Waals surface area contributed by atoms with E-state index in [1.807, 2.05) is 43.3 Å². The van der Waals surface area contributed by atoms with Gasteiger partial charge in [-0.3, -0.25) is 0 Å². The third kappa shape index (κ3) is 1.77. The van der Waals surface area contributed by atoms with Crippen molar-refractivity contribution in [3.05, 3.63) is 47.5 Å². The first-order valence-corrected chi connectivity index (χ1v) is 5.78. The predicted octanol–water partition coefficient (Wildman–Crippen LogP) is 3.09. The number of hydrogen-bond acceptors (Lipinski definition) is 2. The van der Waals surface area contributed by atoms with Crippen molar-refractivity contribution in [2.75, 3.05) is 7.11 Å². The minimum absolute atomic E-state index is 0.718. The Kier molecular flexibility index (Phi) is 3.09. The van der Waals surface area contributed by atoms with Crippen molar-refractivity contribution in [3.63, 3.8) is 0 Å². The first kappa shape index (κ1) is 12.6. The fourth-order valence-electron chi connectivity index (χ4n) is 2.31. The minimum Gasteiger partial charge on any atom is -0.479 e. The number of carboxylic acids is 1. The summed E-state index contributed by atoms with van der Waals surface area (Å²) in [4.78, 5) is 11.5. The van der Waals surface area contributed by atoms with Crippen LogP contribution in [0.5, 0.6) is 0 Å². The molecule has 1 N–H and O–H groups in total. The summed E-state index contributed by atoms with van der Waals surface area (Å²) in [7, 11) is 1.43. The van der Waals surface area contributed by atoms with Gasteiger partial charge in [0.15, 0.2) is 5.60 Å². The molecule has 0 bridgehead atoms. The number of carbonyl (C=O) groups is 1. The van der Waals surface area contributed by atoms with Crippen LogP contribution in [0.25, 0.3) is 10.8 Å². The maximum Gasteiger partial charge on any atom is 0.340 e. The van der Waals surface area contributed by atoms with E-state index in [9.17, 15) is 9.90 Å². The standard InChI is InChI=1S/C15H16O3/c1-10-8-9-11-6-4-5-7-12(11)13(10)15(2,18-3)14(16)17/h4-9H,1-3H3,(H,16,17). The number of hydrogen-bond donors (Lipinski definition) is 1. The van der Waals surface area contributed by atoms with E-state index in [1.54, 1.807) is 6.92 Å². The molecule has 1 atom stereocenters. The fourth-order valence-corrected chi connectivity index (χ4v) is 2.31. The molecule has 18 heavy (non-hydrogen) atoms. The first-order chi connectivity index (χ1) is 8.50. The molecule has 94 valence electrons. The average molecular weight is 244 g/mol. The van der Waals surface area contributed by atoms with Gasteiger partial charge in [0.1, 0.15) is 0 Å². The van der Waals surface area contributed by atoms with Crippen LogP contribution in [0.15, 0.2) is 36.4 Å². The lowest BCUT2D eigenvalue weighted by atomic mass is 9.87. The van der Waals surface area contributed by atoms with Gasteiger partial charge >= 0.3 is 5.97 Å². The summed E-state index contributed by atoms with van der Waals surface area (Å²) in [5, 5.41) is 11.4. The van der Waals surface area contributed by atoms with Crippen molar-refractivity contribution in [1.29, 1.82) is 0 Å². The van der Waals surface area contributed by atoms with Crippen LogP contribution in [0.1, 0.15) is 18.1 Å². The largest absolute Gasteiger partial charge is 0.479 e. The van der Waals surface area contributed by atoms with Gasteiger partial charge < -0.3 is 9.84 Å². The Morgan fingerprint density at radius 3 is 2.50 bits per heavy atom. The molecule has 3 nitrogen and oxygen atoms in total. The Balaban J connectivity index is 2.84. The number of rotatable bonds is 3. The van der Waals surface area contributed by atoms with Gasteiger partial charge in [0, 0.05) is 12.7 Å². The van der Waals surface area contributed by atoms with Gasteiger partial charge in [0.05, 0.1) is 0 Å². The van der Waals surface area contributed by atoms with Crippen molar-refractivity contribution in [2.45, 2.75) is 19.4 Å². The van der Waals surface area contributed by atoms with Crippen LogP contribution in [0.2, 0.25) is 0 Å². The summed E-state index contributed by atoms with van der Waals surface area (Å²) in [6.45, 7) is 3.49. The third-order valence-corrected chi connectivity index (χ3v) is 3.43. The Hall–Kier alpha value is -1.87. The highest BCUT2D eigenvalue weighted by Crippen LogP contribution is 2.34. The van der Waals surface area contributed by atoms with Crippen LogP contribution in [0, 0.1) is 6.92 Å². The van der Waals surface area contributed by atoms with Gasteiger partial charge in [-0.25, -0.2) is 4.79 Å². The molecular formula is C15H16O3.